The fourth-order valence-electron chi connectivity index (χ4n) is 3.40. The van der Waals surface area contributed by atoms with Gasteiger partial charge in [0.15, 0.2) is 0 Å². The van der Waals surface area contributed by atoms with E-state index in [0.717, 1.165) is 48.9 Å². The molecule has 0 atom stereocenters. The van der Waals surface area contributed by atoms with Gasteiger partial charge in [-0.05, 0) is 25.2 Å². The Bertz CT molecular complexity index is 893. The molecule has 3 heterocycles. The molecule has 1 N–H and O–H groups in total. The fourth-order valence-corrected chi connectivity index (χ4v) is 3.71. The molecular formula is C17H21N5O3S. The first kappa shape index (κ1) is 18.4. The maximum Gasteiger partial charge on any atom is 0.215 e. The topological polar surface area (TPSA) is 108 Å². The van der Waals surface area contributed by atoms with E-state index in [1.54, 1.807) is 25.6 Å². The average Bonchev–Trinajstić information content (AvgIpc) is 2.67. The molecule has 3 rings (SSSR count). The van der Waals surface area contributed by atoms with Gasteiger partial charge >= 0.3 is 0 Å². The van der Waals surface area contributed by atoms with E-state index in [1.807, 2.05) is 0 Å². The van der Waals surface area contributed by atoms with Crippen LogP contribution in [0.25, 0.3) is 10.9 Å². The highest BCUT2D eigenvalue weighted by molar-refractivity contribution is 7.70. The second-order valence-electron chi connectivity index (χ2n) is 6.26. The molecule has 0 aliphatic carbocycles. The lowest BCUT2D eigenvalue weighted by molar-refractivity contribution is 0.382. The number of ether oxygens (including phenoxy) is 1. The number of pyridine rings is 2. The van der Waals surface area contributed by atoms with Crippen LogP contribution in [0.5, 0.6) is 5.88 Å². The van der Waals surface area contributed by atoms with E-state index in [-0.39, 0.29) is 0 Å². The zero-order chi connectivity index (χ0) is 18.5. The number of hydrogen-bond acceptors (Lipinski definition) is 7. The quantitative estimate of drug-likeness (QED) is 0.731. The number of anilines is 1. The average molecular weight is 375 g/mol. The van der Waals surface area contributed by atoms with Gasteiger partial charge in [0, 0.05) is 43.5 Å². The van der Waals surface area contributed by atoms with E-state index in [4.69, 9.17) is 4.74 Å². The molecule has 1 aliphatic heterocycles. The molecular weight excluding hydrogens is 354 g/mol. The van der Waals surface area contributed by atoms with Gasteiger partial charge in [0.2, 0.25) is 16.8 Å². The minimum absolute atomic E-state index is 0.477. The summed E-state index contributed by atoms with van der Waals surface area (Å²) in [7, 11) is -0.967. The van der Waals surface area contributed by atoms with Crippen molar-refractivity contribution in [3.8, 4) is 11.9 Å². The zero-order valence-electron chi connectivity index (χ0n) is 14.5. The van der Waals surface area contributed by atoms with Gasteiger partial charge in [-0.3, -0.25) is 4.98 Å². The summed E-state index contributed by atoms with van der Waals surface area (Å²) in [4.78, 5) is 10.8. The SMILES string of the molecule is COc1cc2ncc(C#N)c(N3CCC(CCN[SH](=O)=O)CC3)c2cn1. The molecule has 1 saturated heterocycles. The predicted octanol–water partition coefficient (Wildman–Crippen LogP) is 1.23. The van der Waals surface area contributed by atoms with Crippen LogP contribution in [0.2, 0.25) is 0 Å². The van der Waals surface area contributed by atoms with Gasteiger partial charge in [0.05, 0.1) is 23.9 Å². The lowest BCUT2D eigenvalue weighted by Crippen LogP contribution is -2.35. The van der Waals surface area contributed by atoms with Crippen LogP contribution in [0.4, 0.5) is 5.69 Å². The summed E-state index contributed by atoms with van der Waals surface area (Å²) in [5, 5.41) is 10.3. The molecule has 0 amide bonds. The zero-order valence-corrected chi connectivity index (χ0v) is 15.4. The first-order chi connectivity index (χ1) is 12.6. The maximum atomic E-state index is 10.6. The van der Waals surface area contributed by atoms with E-state index in [1.165, 1.54) is 0 Å². The summed E-state index contributed by atoms with van der Waals surface area (Å²) >= 11 is 0. The Labute approximate surface area is 153 Å². The van der Waals surface area contributed by atoms with Crippen molar-refractivity contribution in [3.05, 3.63) is 24.0 Å². The lowest BCUT2D eigenvalue weighted by atomic mass is 9.93. The van der Waals surface area contributed by atoms with Gasteiger partial charge < -0.3 is 9.64 Å². The van der Waals surface area contributed by atoms with E-state index in [9.17, 15) is 13.7 Å². The van der Waals surface area contributed by atoms with Gasteiger partial charge in [-0.2, -0.15) is 5.26 Å². The summed E-state index contributed by atoms with van der Waals surface area (Å²) < 4.78 is 28.8. The van der Waals surface area contributed by atoms with Crippen molar-refractivity contribution in [2.45, 2.75) is 19.3 Å². The number of piperidine rings is 1. The van der Waals surface area contributed by atoms with E-state index >= 15 is 0 Å². The number of nitrogens with zero attached hydrogens (tertiary/aromatic N) is 4. The molecule has 26 heavy (non-hydrogen) atoms. The van der Waals surface area contributed by atoms with E-state index in [2.05, 4.69) is 25.7 Å². The van der Waals surface area contributed by atoms with Crippen molar-refractivity contribution in [3.63, 3.8) is 0 Å². The van der Waals surface area contributed by atoms with Crippen molar-refractivity contribution in [2.24, 2.45) is 5.92 Å². The highest BCUT2D eigenvalue weighted by atomic mass is 32.2. The molecule has 2 aromatic rings. The number of methoxy groups -OCH3 is 1. The van der Waals surface area contributed by atoms with Gasteiger partial charge in [-0.1, -0.05) is 0 Å². The van der Waals surface area contributed by atoms with Crippen molar-refractivity contribution in [1.29, 1.82) is 5.26 Å². The molecule has 8 nitrogen and oxygen atoms in total. The number of nitrogens with one attached hydrogen (secondary N) is 1. The lowest BCUT2D eigenvalue weighted by Gasteiger charge is -2.34. The number of aromatic nitrogens is 2. The number of thiol groups is 1. The largest absolute Gasteiger partial charge is 0.481 e. The first-order valence-electron chi connectivity index (χ1n) is 8.48. The Balaban J connectivity index is 1.79. The third-order valence-corrected chi connectivity index (χ3v) is 5.24. The maximum absolute atomic E-state index is 10.6. The summed E-state index contributed by atoms with van der Waals surface area (Å²) in [5.74, 6) is 0.967. The van der Waals surface area contributed by atoms with Crippen LogP contribution in [0.15, 0.2) is 18.5 Å². The first-order valence-corrected chi connectivity index (χ1v) is 9.65. The molecule has 2 aromatic heterocycles. The van der Waals surface area contributed by atoms with Crippen molar-refractivity contribution < 1.29 is 13.2 Å². The van der Waals surface area contributed by atoms with Gasteiger partial charge in [0.25, 0.3) is 0 Å². The van der Waals surface area contributed by atoms with Crippen molar-refractivity contribution >= 4 is 27.5 Å². The predicted molar refractivity (Wildman–Crippen MR) is 98.7 cm³/mol. The van der Waals surface area contributed by atoms with E-state index in [0.29, 0.717) is 23.9 Å². The summed E-state index contributed by atoms with van der Waals surface area (Å²) in [6, 6.07) is 4.00. The van der Waals surface area contributed by atoms with Gasteiger partial charge in [-0.15, -0.1) is 0 Å². The minimum atomic E-state index is -2.52. The van der Waals surface area contributed by atoms with Crippen LogP contribution in [-0.2, 0) is 10.9 Å². The Morgan fingerprint density at radius 2 is 2.12 bits per heavy atom. The van der Waals surface area contributed by atoms with Crippen LogP contribution in [0.3, 0.4) is 0 Å². The molecule has 0 aromatic carbocycles. The van der Waals surface area contributed by atoms with Crippen LogP contribution < -0.4 is 14.4 Å². The molecule has 0 radical (unpaired) electrons. The monoisotopic (exact) mass is 375 g/mol. The third kappa shape index (κ3) is 4.03. The smallest absolute Gasteiger partial charge is 0.215 e. The molecule has 9 heteroatoms. The molecule has 1 fully saturated rings. The third-order valence-electron chi connectivity index (χ3n) is 4.75. The standard InChI is InChI=1S/C17H21N5O3S/c1-25-16-8-15-14(11-20-16)17(13(9-18)10-19-15)22-6-3-12(4-7-22)2-5-21-26(23)24/h8,10-12,26H,2-7H2,1H3,(H,21,23,24). The summed E-state index contributed by atoms with van der Waals surface area (Å²) in [6.07, 6.45) is 6.04. The molecule has 0 unspecified atom stereocenters. The molecule has 1 aliphatic rings. The molecule has 138 valence electrons. The van der Waals surface area contributed by atoms with Crippen LogP contribution in [0.1, 0.15) is 24.8 Å². The fraction of sp³-hybridized carbons (Fsp3) is 0.471. The molecule has 0 spiro atoms. The van der Waals surface area contributed by atoms with Crippen molar-refractivity contribution in [1.82, 2.24) is 14.7 Å². The number of fused-ring (bicyclic) bond motifs is 1. The summed E-state index contributed by atoms with van der Waals surface area (Å²) in [5.41, 5.74) is 2.15. The second-order valence-corrected chi connectivity index (χ2v) is 7.09. The van der Waals surface area contributed by atoms with Crippen LogP contribution in [-0.4, -0.2) is 45.1 Å². The van der Waals surface area contributed by atoms with Crippen molar-refractivity contribution in [2.75, 3.05) is 31.6 Å². The normalized spacial score (nSPS) is 15.3. The van der Waals surface area contributed by atoms with Gasteiger partial charge in [0.1, 0.15) is 6.07 Å². The highest BCUT2D eigenvalue weighted by Gasteiger charge is 2.23. The highest BCUT2D eigenvalue weighted by Crippen LogP contribution is 2.33. The Morgan fingerprint density at radius 3 is 2.77 bits per heavy atom. The number of nitriles is 1. The number of rotatable bonds is 6. The second kappa shape index (κ2) is 8.29. The molecule has 0 saturated carbocycles. The number of hydrogen-bond donors (Lipinski definition) is 2. The van der Waals surface area contributed by atoms with E-state index < -0.39 is 10.9 Å². The van der Waals surface area contributed by atoms with Crippen LogP contribution in [0, 0.1) is 17.2 Å². The Kier molecular flexibility index (Phi) is 5.85. The summed E-state index contributed by atoms with van der Waals surface area (Å²) in [6.45, 7) is 2.11. The van der Waals surface area contributed by atoms with Gasteiger partial charge in [-0.25, -0.2) is 18.1 Å². The minimum Gasteiger partial charge on any atom is -0.481 e. The Hall–Kier alpha value is -2.44. The molecule has 0 bridgehead atoms. The van der Waals surface area contributed by atoms with Crippen LogP contribution >= 0.6 is 0 Å². The Morgan fingerprint density at radius 1 is 1.35 bits per heavy atom.